The van der Waals surface area contributed by atoms with Crippen LogP contribution in [0.5, 0.6) is 0 Å². The molecule has 0 amide bonds. The molecule has 47 heavy (non-hydrogen) atoms. The summed E-state index contributed by atoms with van der Waals surface area (Å²) in [6.07, 6.45) is 0. The lowest BCUT2D eigenvalue weighted by atomic mass is 10.0. The summed E-state index contributed by atoms with van der Waals surface area (Å²) >= 11 is 0. The van der Waals surface area contributed by atoms with Crippen molar-refractivity contribution in [2.75, 3.05) is 0 Å². The lowest BCUT2D eigenvalue weighted by Crippen LogP contribution is -1.95. The van der Waals surface area contributed by atoms with Crippen molar-refractivity contribution in [2.24, 2.45) is 0 Å². The SMILES string of the molecule is c1ccc2c(c1)oc1c2ccc2c3ccccc3n(-c3ccc4c(ccc5cc(-n6c7ccccc7c7ccccc76)ccc54)c3)c21. The Bertz CT molecular complexity index is 3030. The predicted molar refractivity (Wildman–Crippen MR) is 197 cm³/mol. The van der Waals surface area contributed by atoms with E-state index in [1.165, 1.54) is 65.3 Å². The van der Waals surface area contributed by atoms with Gasteiger partial charge in [0.15, 0.2) is 5.58 Å². The molecule has 0 aliphatic carbocycles. The zero-order valence-electron chi connectivity index (χ0n) is 25.3. The maximum atomic E-state index is 6.58. The maximum Gasteiger partial charge on any atom is 0.160 e. The van der Waals surface area contributed by atoms with E-state index in [-0.39, 0.29) is 0 Å². The van der Waals surface area contributed by atoms with Gasteiger partial charge in [0.1, 0.15) is 5.58 Å². The third-order valence-electron chi connectivity index (χ3n) is 10.1. The van der Waals surface area contributed by atoms with Gasteiger partial charge in [0.2, 0.25) is 0 Å². The number of para-hydroxylation sites is 4. The number of aromatic nitrogens is 2. The lowest BCUT2D eigenvalue weighted by molar-refractivity contribution is 0.671. The van der Waals surface area contributed by atoms with Crippen LogP contribution in [0, 0.1) is 0 Å². The predicted octanol–water partition coefficient (Wildman–Crippen LogP) is 12.1. The summed E-state index contributed by atoms with van der Waals surface area (Å²) in [7, 11) is 0. The second-order valence-electron chi connectivity index (χ2n) is 12.5. The highest BCUT2D eigenvalue weighted by atomic mass is 16.3. The molecule has 0 saturated heterocycles. The Morgan fingerprint density at radius 3 is 1.45 bits per heavy atom. The van der Waals surface area contributed by atoms with Crippen LogP contribution < -0.4 is 0 Å². The van der Waals surface area contributed by atoms with Crippen molar-refractivity contribution in [1.29, 1.82) is 0 Å². The average Bonchev–Trinajstić information content (AvgIpc) is 3.79. The third-order valence-corrected chi connectivity index (χ3v) is 10.1. The summed E-state index contributed by atoms with van der Waals surface area (Å²) in [6.45, 7) is 0. The Morgan fingerprint density at radius 1 is 0.340 bits per heavy atom. The molecule has 0 aliphatic rings. The highest BCUT2D eigenvalue weighted by molar-refractivity contribution is 6.21. The first-order valence-electron chi connectivity index (χ1n) is 16.1. The van der Waals surface area contributed by atoms with Crippen molar-refractivity contribution in [3.05, 3.63) is 158 Å². The van der Waals surface area contributed by atoms with Crippen LogP contribution in [0.1, 0.15) is 0 Å². The summed E-state index contributed by atoms with van der Waals surface area (Å²) < 4.78 is 11.3. The van der Waals surface area contributed by atoms with Gasteiger partial charge in [-0.05, 0) is 76.1 Å². The summed E-state index contributed by atoms with van der Waals surface area (Å²) in [5.41, 5.74) is 8.87. The van der Waals surface area contributed by atoms with Gasteiger partial charge in [-0.1, -0.05) is 103 Å². The molecule has 0 saturated carbocycles. The van der Waals surface area contributed by atoms with Crippen molar-refractivity contribution in [2.45, 2.75) is 0 Å². The molecule has 218 valence electrons. The first-order chi connectivity index (χ1) is 23.3. The van der Waals surface area contributed by atoms with Crippen molar-refractivity contribution >= 4 is 87.1 Å². The molecule has 3 heteroatoms. The van der Waals surface area contributed by atoms with Gasteiger partial charge in [-0.25, -0.2) is 0 Å². The molecule has 0 N–H and O–H groups in total. The molecule has 0 fully saturated rings. The smallest absolute Gasteiger partial charge is 0.160 e. The molecular weight excluding hydrogens is 572 g/mol. The number of fused-ring (bicyclic) bond motifs is 13. The molecular formula is C44H26N2O. The van der Waals surface area contributed by atoms with Gasteiger partial charge >= 0.3 is 0 Å². The van der Waals surface area contributed by atoms with Crippen molar-refractivity contribution in [3.63, 3.8) is 0 Å². The number of benzene rings is 8. The molecule has 3 aromatic heterocycles. The van der Waals surface area contributed by atoms with Gasteiger partial charge in [-0.3, -0.25) is 0 Å². The fourth-order valence-electron chi connectivity index (χ4n) is 8.02. The van der Waals surface area contributed by atoms with Crippen LogP contribution in [0.25, 0.3) is 98.5 Å². The first-order valence-corrected chi connectivity index (χ1v) is 16.1. The molecule has 11 aromatic rings. The number of hydrogen-bond acceptors (Lipinski definition) is 1. The van der Waals surface area contributed by atoms with Gasteiger partial charge in [0, 0.05) is 43.7 Å². The van der Waals surface area contributed by atoms with Gasteiger partial charge in [-0.2, -0.15) is 0 Å². The Balaban J connectivity index is 1.13. The molecule has 0 atom stereocenters. The number of nitrogens with zero attached hydrogens (tertiary/aromatic N) is 2. The first kappa shape index (κ1) is 24.9. The number of furan rings is 1. The third kappa shape index (κ3) is 3.35. The standard InChI is InChI=1S/C44H26N2O/c1-5-13-39-33(9-1)34-10-2-6-14-40(34)45(39)29-19-21-31-27(25-29)17-18-28-26-30(20-22-32(28)31)46-41-15-7-3-11-35(41)37-23-24-38-36-12-4-8-16-42(36)47-44(38)43(37)46/h1-26H. The highest BCUT2D eigenvalue weighted by Gasteiger charge is 2.19. The Labute approximate surface area is 269 Å². The van der Waals surface area contributed by atoms with Crippen molar-refractivity contribution < 1.29 is 4.42 Å². The Morgan fingerprint density at radius 2 is 0.809 bits per heavy atom. The summed E-state index contributed by atoms with van der Waals surface area (Å²) in [5.74, 6) is 0. The largest absolute Gasteiger partial charge is 0.454 e. The molecule has 0 bridgehead atoms. The summed E-state index contributed by atoms with van der Waals surface area (Å²) in [5, 5.41) is 12.2. The molecule has 11 rings (SSSR count). The number of rotatable bonds is 2. The van der Waals surface area contributed by atoms with Crippen LogP contribution >= 0.6 is 0 Å². The van der Waals surface area contributed by atoms with Gasteiger partial charge in [-0.15, -0.1) is 0 Å². The fraction of sp³-hybridized carbons (Fsp3) is 0. The molecule has 0 radical (unpaired) electrons. The monoisotopic (exact) mass is 598 g/mol. The van der Waals surface area contributed by atoms with Gasteiger partial charge in [0.25, 0.3) is 0 Å². The lowest BCUT2D eigenvalue weighted by Gasteiger charge is -2.13. The summed E-state index contributed by atoms with van der Waals surface area (Å²) in [4.78, 5) is 0. The molecule has 8 aromatic carbocycles. The minimum Gasteiger partial charge on any atom is -0.454 e. The van der Waals surface area contributed by atoms with Gasteiger partial charge < -0.3 is 13.6 Å². The van der Waals surface area contributed by atoms with Gasteiger partial charge in [0.05, 0.1) is 22.1 Å². The van der Waals surface area contributed by atoms with Crippen LogP contribution in [0.4, 0.5) is 0 Å². The van der Waals surface area contributed by atoms with E-state index in [0.717, 1.165) is 33.1 Å². The molecule has 0 aliphatic heterocycles. The van der Waals surface area contributed by atoms with E-state index < -0.39 is 0 Å². The maximum absolute atomic E-state index is 6.58. The van der Waals surface area contributed by atoms with Crippen molar-refractivity contribution in [1.82, 2.24) is 9.13 Å². The van der Waals surface area contributed by atoms with Crippen LogP contribution in [-0.2, 0) is 0 Å². The zero-order chi connectivity index (χ0) is 30.6. The van der Waals surface area contributed by atoms with E-state index in [4.69, 9.17) is 4.42 Å². The molecule has 3 nitrogen and oxygen atoms in total. The van der Waals surface area contributed by atoms with E-state index in [9.17, 15) is 0 Å². The van der Waals surface area contributed by atoms with Crippen LogP contribution in [0.15, 0.2) is 162 Å². The normalized spacial score (nSPS) is 12.3. The minimum atomic E-state index is 0.914. The molecule has 0 unspecified atom stereocenters. The highest BCUT2D eigenvalue weighted by Crippen LogP contribution is 2.41. The van der Waals surface area contributed by atoms with E-state index in [2.05, 4.69) is 161 Å². The van der Waals surface area contributed by atoms with E-state index in [1.807, 2.05) is 6.07 Å². The van der Waals surface area contributed by atoms with E-state index in [0.29, 0.717) is 0 Å². The summed E-state index contributed by atoms with van der Waals surface area (Å²) in [6, 6.07) is 57.1. The van der Waals surface area contributed by atoms with Crippen LogP contribution in [-0.4, -0.2) is 9.13 Å². The van der Waals surface area contributed by atoms with E-state index in [1.54, 1.807) is 0 Å². The second-order valence-corrected chi connectivity index (χ2v) is 12.5. The quantitative estimate of drug-likeness (QED) is 0.182. The fourth-order valence-corrected chi connectivity index (χ4v) is 8.02. The zero-order valence-corrected chi connectivity index (χ0v) is 25.3. The van der Waals surface area contributed by atoms with Crippen LogP contribution in [0.2, 0.25) is 0 Å². The Hall–Kier alpha value is -6.32. The Kier molecular flexibility index (Phi) is 4.84. The average molecular weight is 599 g/mol. The van der Waals surface area contributed by atoms with E-state index >= 15 is 0 Å². The minimum absolute atomic E-state index is 0.914. The topological polar surface area (TPSA) is 23.0 Å². The molecule has 3 heterocycles. The second kappa shape index (κ2) is 9.12. The number of hydrogen-bond donors (Lipinski definition) is 0. The van der Waals surface area contributed by atoms with Crippen molar-refractivity contribution in [3.8, 4) is 11.4 Å². The molecule has 0 spiro atoms. The van der Waals surface area contributed by atoms with Crippen LogP contribution in [0.3, 0.4) is 0 Å².